The second-order valence-corrected chi connectivity index (χ2v) is 18.8. The number of hydrogen-bond acceptors (Lipinski definition) is 11. The molecule has 2 aliphatic heterocycles. The van der Waals surface area contributed by atoms with E-state index in [4.69, 9.17) is 19.7 Å². The van der Waals surface area contributed by atoms with Crippen LogP contribution in [0.4, 0.5) is 13.2 Å². The number of primary amides is 1. The van der Waals surface area contributed by atoms with Crippen LogP contribution >= 0.6 is 8.81 Å². The van der Waals surface area contributed by atoms with Crippen LogP contribution in [0.2, 0.25) is 0 Å². The number of alkyl halides is 3. The Kier molecular flexibility index (Phi) is 29.1. The molecule has 0 aliphatic carbocycles. The number of benzene rings is 3. The summed E-state index contributed by atoms with van der Waals surface area (Å²) in [6.07, 6.45) is 4.76. The molecule has 0 bridgehead atoms. The molecule has 2 atom stereocenters. The molecular weight excluding hydrogens is 877 g/mol. The van der Waals surface area contributed by atoms with Gasteiger partial charge in [-0.15, -0.1) is 0 Å². The van der Waals surface area contributed by atoms with Crippen molar-refractivity contribution in [2.75, 3.05) is 73.6 Å². The van der Waals surface area contributed by atoms with Crippen LogP contribution in [-0.2, 0) is 37.9 Å². The number of halogens is 3. The van der Waals surface area contributed by atoms with Crippen LogP contribution in [0.25, 0.3) is 10.8 Å². The van der Waals surface area contributed by atoms with E-state index in [0.29, 0.717) is 36.6 Å². The third-order valence-electron chi connectivity index (χ3n) is 10.1. The highest BCUT2D eigenvalue weighted by Crippen LogP contribution is 2.38. The van der Waals surface area contributed by atoms with Gasteiger partial charge in [-0.1, -0.05) is 55.5 Å². The minimum atomic E-state index is -2.30. The molecule has 2 heterocycles. The molecule has 66 heavy (non-hydrogen) atoms. The molecule has 0 spiro atoms. The Balaban J connectivity index is 0.000000450. The zero-order valence-electron chi connectivity index (χ0n) is 40.4. The molecular formula is C49H74F3N4O9P. The number of fused-ring (bicyclic) bond motifs is 1. The maximum Gasteiger partial charge on any atom is 0.313 e. The second-order valence-electron chi connectivity index (χ2n) is 17.8. The number of esters is 2. The Morgan fingerprint density at radius 3 is 1.88 bits per heavy atom. The summed E-state index contributed by atoms with van der Waals surface area (Å²) in [5.41, 5.74) is 6.42. The summed E-state index contributed by atoms with van der Waals surface area (Å²) in [5.74, 6) is -1.89. The van der Waals surface area contributed by atoms with E-state index in [9.17, 15) is 37.1 Å². The molecule has 0 aromatic heterocycles. The second kappa shape index (κ2) is 32.3. The molecule has 0 radical (unpaired) electrons. The number of piperidine rings is 1. The summed E-state index contributed by atoms with van der Waals surface area (Å²) in [6, 6.07) is 20.7. The van der Waals surface area contributed by atoms with Crippen LogP contribution in [0.1, 0.15) is 114 Å². The lowest BCUT2D eigenvalue weighted by atomic mass is 9.90. The minimum Gasteiger partial charge on any atom is -0.438 e. The first-order chi connectivity index (χ1) is 31.2. The molecule has 2 amide bonds. The van der Waals surface area contributed by atoms with E-state index in [0.717, 1.165) is 49.4 Å². The van der Waals surface area contributed by atoms with Crippen LogP contribution in [0.15, 0.2) is 66.7 Å². The number of methoxy groups -OCH3 is 1. The van der Waals surface area contributed by atoms with Crippen molar-refractivity contribution in [3.63, 3.8) is 0 Å². The van der Waals surface area contributed by atoms with Crippen LogP contribution in [0.5, 0.6) is 0 Å². The van der Waals surface area contributed by atoms with Crippen LogP contribution in [-0.4, -0.2) is 125 Å². The predicted molar refractivity (Wildman–Crippen MR) is 255 cm³/mol. The number of nitrogens with zero attached hydrogens (tertiary/aromatic N) is 3. The molecule has 17 heteroatoms. The first-order valence-electron chi connectivity index (χ1n) is 22.2. The van der Waals surface area contributed by atoms with Crippen molar-refractivity contribution in [2.24, 2.45) is 16.6 Å². The van der Waals surface area contributed by atoms with Gasteiger partial charge in [-0.3, -0.25) is 24.1 Å². The molecule has 2 fully saturated rings. The molecule has 5 rings (SSSR count). The van der Waals surface area contributed by atoms with Gasteiger partial charge in [0.15, 0.2) is 19.5 Å². The quantitative estimate of drug-likeness (QED) is 0.0480. The molecule has 3 aromatic rings. The summed E-state index contributed by atoms with van der Waals surface area (Å²) >= 11 is 0. The van der Waals surface area contributed by atoms with Gasteiger partial charge in [0.2, 0.25) is 12.3 Å². The van der Waals surface area contributed by atoms with Gasteiger partial charge in [-0.25, -0.2) is 13.2 Å². The standard InChI is InChI=1S/C18H21FNO4P.C12H15NO.C7H13F2NO.C7H14O3.C5H11N/c1-18(2,3)17(22)23-10-24-25-15(19)12-6-4-11-5-7-13(16(20)21)9-14(11)8-12;14-10-13-8-6-12(7-9-13)11-4-2-1-3-5-11;1-2-10(4-3-5-11)6-7(8)9;1-7(2,3)6(8)10-5-9-4;1-6-4-2-3-5-6/h4-9,15,25H,10H2,1-3H3,(H2,20,21);1-5,10,12H,6-9H2;5,7H,2-4,6H2,1H3;5H2,1-4H3;2-5H2,1H3. The molecule has 13 nitrogen and oxygen atoms in total. The van der Waals surface area contributed by atoms with E-state index in [1.165, 1.54) is 38.6 Å². The number of hydrogen-bond donors (Lipinski definition) is 1. The Morgan fingerprint density at radius 1 is 0.833 bits per heavy atom. The van der Waals surface area contributed by atoms with Crippen molar-refractivity contribution in [3.8, 4) is 0 Å². The van der Waals surface area contributed by atoms with Crippen molar-refractivity contribution in [3.05, 3.63) is 83.4 Å². The van der Waals surface area contributed by atoms with Gasteiger partial charge in [0.05, 0.1) is 26.2 Å². The van der Waals surface area contributed by atoms with Gasteiger partial charge in [0.25, 0.3) is 6.43 Å². The normalized spacial score (nSPS) is 14.7. The first-order valence-corrected chi connectivity index (χ1v) is 23.2. The number of carbonyl (C=O) groups is 5. The fourth-order valence-electron chi connectivity index (χ4n) is 6.13. The molecule has 2 saturated heterocycles. The Morgan fingerprint density at radius 2 is 1.41 bits per heavy atom. The molecule has 2 aliphatic rings. The van der Waals surface area contributed by atoms with E-state index in [1.54, 1.807) is 89.8 Å². The lowest BCUT2D eigenvalue weighted by molar-refractivity contribution is -0.163. The number of likely N-dealkylation sites (tertiary alicyclic amines) is 2. The van der Waals surface area contributed by atoms with E-state index in [-0.39, 0.29) is 26.1 Å². The van der Waals surface area contributed by atoms with Gasteiger partial charge in [0.1, 0.15) is 6.29 Å². The van der Waals surface area contributed by atoms with Gasteiger partial charge >= 0.3 is 11.9 Å². The summed E-state index contributed by atoms with van der Waals surface area (Å²) < 4.78 is 57.2. The summed E-state index contributed by atoms with van der Waals surface area (Å²) in [5, 5.41) is 1.60. The van der Waals surface area contributed by atoms with Gasteiger partial charge in [-0.2, -0.15) is 0 Å². The van der Waals surface area contributed by atoms with Crippen molar-refractivity contribution < 1.29 is 55.9 Å². The van der Waals surface area contributed by atoms with Crippen molar-refractivity contribution in [1.29, 1.82) is 0 Å². The Hall–Kier alpha value is -4.47. The van der Waals surface area contributed by atoms with Crippen molar-refractivity contribution in [1.82, 2.24) is 14.7 Å². The molecule has 3 aromatic carbocycles. The number of rotatable bonds is 16. The number of amides is 2. The van der Waals surface area contributed by atoms with Gasteiger partial charge in [-0.05, 0) is 140 Å². The maximum absolute atomic E-state index is 14.3. The Labute approximate surface area is 392 Å². The van der Waals surface area contributed by atoms with E-state index >= 15 is 0 Å². The van der Waals surface area contributed by atoms with Crippen molar-refractivity contribution >= 4 is 50.1 Å². The van der Waals surface area contributed by atoms with Crippen LogP contribution in [0, 0.1) is 10.8 Å². The largest absolute Gasteiger partial charge is 0.438 e. The smallest absolute Gasteiger partial charge is 0.313 e. The third kappa shape index (κ3) is 25.4. The highest BCUT2D eigenvalue weighted by molar-refractivity contribution is 7.32. The average molecular weight is 951 g/mol. The topological polar surface area (TPSA) is 158 Å². The maximum atomic E-state index is 14.3. The zero-order valence-corrected chi connectivity index (χ0v) is 41.4. The number of aldehydes is 1. The van der Waals surface area contributed by atoms with Gasteiger partial charge < -0.3 is 39.1 Å². The predicted octanol–water partition coefficient (Wildman–Crippen LogP) is 9.14. The molecule has 2 unspecified atom stereocenters. The van der Waals surface area contributed by atoms with Crippen LogP contribution < -0.4 is 5.73 Å². The number of carbonyl (C=O) groups excluding carboxylic acids is 5. The van der Waals surface area contributed by atoms with E-state index in [1.807, 2.05) is 11.0 Å². The van der Waals surface area contributed by atoms with Crippen molar-refractivity contribution in [2.45, 2.75) is 98.8 Å². The minimum absolute atomic E-state index is 0.0378. The van der Waals surface area contributed by atoms with E-state index in [2.05, 4.69) is 40.9 Å². The summed E-state index contributed by atoms with van der Waals surface area (Å²) in [7, 11) is 3.15. The first kappa shape index (κ1) is 59.5. The SMILES string of the molecule is CC(C)(C)C(=O)OCOPC(F)c1ccc2ccc(C(N)=O)cc2c1.CCN(CCC=O)CC(F)F.CN1CCCC1.COCOC(=O)C(C)(C)C.O=CN1CCC(c2ccccc2)CC1. The third-order valence-corrected chi connectivity index (χ3v) is 10.9. The highest BCUT2D eigenvalue weighted by Gasteiger charge is 2.24. The molecule has 0 saturated carbocycles. The highest BCUT2D eigenvalue weighted by atomic mass is 31.1. The fraction of sp³-hybridized carbons (Fsp3) is 0.571. The summed E-state index contributed by atoms with van der Waals surface area (Å²) in [6.45, 7) is 17.3. The number of ether oxygens (including phenoxy) is 3. The molecule has 370 valence electrons. The average Bonchev–Trinajstić information content (AvgIpc) is 3.78. The van der Waals surface area contributed by atoms with E-state index < -0.39 is 43.9 Å². The molecule has 2 N–H and O–H groups in total. The monoisotopic (exact) mass is 951 g/mol. The Bertz CT molecular complexity index is 1850. The van der Waals surface area contributed by atoms with Gasteiger partial charge in [0, 0.05) is 38.7 Å². The lowest BCUT2D eigenvalue weighted by Crippen LogP contribution is -2.31. The zero-order chi connectivity index (χ0) is 49.7. The summed E-state index contributed by atoms with van der Waals surface area (Å²) in [4.78, 5) is 60.0. The fourth-order valence-corrected chi connectivity index (χ4v) is 6.72. The lowest BCUT2D eigenvalue weighted by Gasteiger charge is -2.29. The number of nitrogens with two attached hydrogens (primary N) is 1. The van der Waals surface area contributed by atoms with Crippen LogP contribution in [0.3, 0.4) is 0 Å².